The maximum Gasteiger partial charge on any atom is 0.240 e. The summed E-state index contributed by atoms with van der Waals surface area (Å²) < 4.78 is 40.1. The van der Waals surface area contributed by atoms with Crippen LogP contribution in [-0.2, 0) is 16.4 Å². The van der Waals surface area contributed by atoms with Gasteiger partial charge < -0.3 is 0 Å². The minimum atomic E-state index is -3.79. The van der Waals surface area contributed by atoms with E-state index < -0.39 is 21.9 Å². The Labute approximate surface area is 128 Å². The third-order valence-corrected chi connectivity index (χ3v) is 4.83. The van der Waals surface area contributed by atoms with Crippen molar-refractivity contribution >= 4 is 21.6 Å². The van der Waals surface area contributed by atoms with Crippen molar-refractivity contribution in [2.75, 3.05) is 5.88 Å². The lowest BCUT2D eigenvalue weighted by atomic mass is 10.1. The van der Waals surface area contributed by atoms with Crippen molar-refractivity contribution in [1.29, 1.82) is 0 Å². The lowest BCUT2D eigenvalue weighted by Crippen LogP contribution is -2.37. The van der Waals surface area contributed by atoms with E-state index in [0.717, 1.165) is 11.6 Å². The number of alkyl halides is 1. The highest BCUT2D eigenvalue weighted by Gasteiger charge is 2.20. The van der Waals surface area contributed by atoms with Crippen molar-refractivity contribution < 1.29 is 12.8 Å². The molecule has 0 bridgehead atoms. The monoisotopic (exact) mass is 327 g/mol. The van der Waals surface area contributed by atoms with E-state index in [-0.39, 0.29) is 10.8 Å². The van der Waals surface area contributed by atoms with Gasteiger partial charge >= 0.3 is 0 Å². The predicted octanol–water partition coefficient (Wildman–Crippen LogP) is 2.95. The van der Waals surface area contributed by atoms with Gasteiger partial charge in [0.15, 0.2) is 0 Å². The van der Waals surface area contributed by atoms with Gasteiger partial charge in [-0.15, -0.1) is 11.6 Å². The Morgan fingerprint density at radius 2 is 1.81 bits per heavy atom. The summed E-state index contributed by atoms with van der Waals surface area (Å²) in [5.74, 6) is -0.466. The van der Waals surface area contributed by atoms with Crippen LogP contribution in [0, 0.1) is 5.82 Å². The highest BCUT2D eigenvalue weighted by Crippen LogP contribution is 2.13. The van der Waals surface area contributed by atoms with Gasteiger partial charge in [0.05, 0.1) is 4.90 Å². The molecule has 21 heavy (non-hydrogen) atoms. The minimum absolute atomic E-state index is 0.106. The maximum atomic E-state index is 13.1. The summed E-state index contributed by atoms with van der Waals surface area (Å²) in [6.07, 6.45) is 0.471. The molecule has 0 saturated heterocycles. The molecule has 2 aromatic carbocycles. The van der Waals surface area contributed by atoms with Gasteiger partial charge in [-0.2, -0.15) is 0 Å². The van der Waals surface area contributed by atoms with Crippen LogP contribution in [0.3, 0.4) is 0 Å². The number of benzene rings is 2. The molecule has 0 amide bonds. The first-order valence-electron chi connectivity index (χ1n) is 6.39. The van der Waals surface area contributed by atoms with Gasteiger partial charge in [0.1, 0.15) is 5.82 Å². The molecule has 0 heterocycles. The largest absolute Gasteiger partial charge is 0.240 e. The van der Waals surface area contributed by atoms with E-state index >= 15 is 0 Å². The second-order valence-electron chi connectivity index (χ2n) is 4.62. The highest BCUT2D eigenvalue weighted by molar-refractivity contribution is 7.89. The van der Waals surface area contributed by atoms with Crippen LogP contribution in [0.2, 0.25) is 0 Å². The summed E-state index contributed by atoms with van der Waals surface area (Å²) in [7, 11) is -3.79. The molecule has 0 radical (unpaired) electrons. The van der Waals surface area contributed by atoms with Crippen LogP contribution in [0.25, 0.3) is 0 Å². The Hall–Kier alpha value is -1.43. The van der Waals surface area contributed by atoms with Crippen LogP contribution in [0.5, 0.6) is 0 Å². The summed E-state index contributed by atoms with van der Waals surface area (Å²) in [6, 6.07) is 13.9. The Bertz CT molecular complexity index is 692. The van der Waals surface area contributed by atoms with E-state index in [1.165, 1.54) is 18.2 Å². The fourth-order valence-electron chi connectivity index (χ4n) is 1.95. The average molecular weight is 328 g/mol. The molecule has 0 aliphatic rings. The van der Waals surface area contributed by atoms with Crippen molar-refractivity contribution in [2.45, 2.75) is 17.4 Å². The zero-order valence-electron chi connectivity index (χ0n) is 11.2. The van der Waals surface area contributed by atoms with E-state index in [1.807, 2.05) is 30.3 Å². The van der Waals surface area contributed by atoms with Gasteiger partial charge in [0.25, 0.3) is 0 Å². The van der Waals surface area contributed by atoms with Gasteiger partial charge in [-0.3, -0.25) is 0 Å². The highest BCUT2D eigenvalue weighted by atomic mass is 35.5. The molecule has 1 N–H and O–H groups in total. The fraction of sp³-hybridized carbons (Fsp3) is 0.200. The van der Waals surface area contributed by atoms with E-state index in [4.69, 9.17) is 11.6 Å². The molecule has 0 aromatic heterocycles. The van der Waals surface area contributed by atoms with Crippen LogP contribution in [0.4, 0.5) is 4.39 Å². The van der Waals surface area contributed by atoms with Crippen LogP contribution < -0.4 is 4.72 Å². The predicted molar refractivity (Wildman–Crippen MR) is 81.4 cm³/mol. The second-order valence-corrected chi connectivity index (χ2v) is 6.64. The van der Waals surface area contributed by atoms with Crippen molar-refractivity contribution in [3.63, 3.8) is 0 Å². The standard InChI is InChI=1S/C15H15ClFNO2S/c16-11-14(9-12-5-2-1-3-6-12)18-21(19,20)15-8-4-7-13(17)10-15/h1-8,10,14,18H,9,11H2. The summed E-state index contributed by atoms with van der Waals surface area (Å²) >= 11 is 5.84. The molecule has 0 saturated carbocycles. The summed E-state index contributed by atoms with van der Waals surface area (Å²) in [6.45, 7) is 0. The molecule has 112 valence electrons. The smallest absolute Gasteiger partial charge is 0.207 e. The minimum Gasteiger partial charge on any atom is -0.207 e. The molecule has 0 spiro atoms. The lowest BCUT2D eigenvalue weighted by Gasteiger charge is -2.16. The van der Waals surface area contributed by atoms with Gasteiger partial charge in [-0.25, -0.2) is 17.5 Å². The molecule has 0 aliphatic heterocycles. The van der Waals surface area contributed by atoms with Crippen molar-refractivity contribution in [2.24, 2.45) is 0 Å². The van der Waals surface area contributed by atoms with E-state index in [0.29, 0.717) is 6.42 Å². The first-order chi connectivity index (χ1) is 10.0. The molecule has 3 nitrogen and oxygen atoms in total. The number of sulfonamides is 1. The fourth-order valence-corrected chi connectivity index (χ4v) is 3.49. The second kappa shape index (κ2) is 7.02. The molecule has 2 rings (SSSR count). The van der Waals surface area contributed by atoms with Crippen LogP contribution >= 0.6 is 11.6 Å². The zero-order valence-corrected chi connectivity index (χ0v) is 12.7. The first-order valence-corrected chi connectivity index (χ1v) is 8.41. The third-order valence-electron chi connectivity index (χ3n) is 2.94. The van der Waals surface area contributed by atoms with Crippen molar-refractivity contribution in [3.05, 3.63) is 66.0 Å². The number of rotatable bonds is 6. The van der Waals surface area contributed by atoms with Crippen LogP contribution in [0.15, 0.2) is 59.5 Å². The quantitative estimate of drug-likeness (QED) is 0.829. The lowest BCUT2D eigenvalue weighted by molar-refractivity contribution is 0.558. The SMILES string of the molecule is O=S(=O)(NC(CCl)Cc1ccccc1)c1cccc(F)c1. The summed E-state index contributed by atoms with van der Waals surface area (Å²) in [5, 5.41) is 0. The molecular formula is C15H15ClFNO2S. The van der Waals surface area contributed by atoms with Crippen molar-refractivity contribution in [3.8, 4) is 0 Å². The molecule has 6 heteroatoms. The molecule has 0 aliphatic carbocycles. The summed E-state index contributed by atoms with van der Waals surface area (Å²) in [5.41, 5.74) is 0.977. The molecular weight excluding hydrogens is 313 g/mol. The van der Waals surface area contributed by atoms with Gasteiger partial charge in [0, 0.05) is 11.9 Å². The topological polar surface area (TPSA) is 46.2 Å². The van der Waals surface area contributed by atoms with Gasteiger partial charge in [-0.1, -0.05) is 36.4 Å². The van der Waals surface area contributed by atoms with E-state index in [9.17, 15) is 12.8 Å². The Balaban J connectivity index is 2.14. The molecule has 1 atom stereocenters. The van der Waals surface area contributed by atoms with E-state index in [2.05, 4.69) is 4.72 Å². The molecule has 0 fully saturated rings. The number of hydrogen-bond donors (Lipinski definition) is 1. The summed E-state index contributed by atoms with van der Waals surface area (Å²) in [4.78, 5) is -0.106. The van der Waals surface area contributed by atoms with E-state index in [1.54, 1.807) is 0 Å². The Morgan fingerprint density at radius 3 is 2.43 bits per heavy atom. The Kier molecular flexibility index (Phi) is 5.33. The van der Waals surface area contributed by atoms with Crippen LogP contribution in [0.1, 0.15) is 5.56 Å². The van der Waals surface area contributed by atoms with Crippen LogP contribution in [-0.4, -0.2) is 20.3 Å². The average Bonchev–Trinajstić information content (AvgIpc) is 2.47. The zero-order chi connectivity index (χ0) is 15.3. The normalized spacial score (nSPS) is 13.0. The van der Waals surface area contributed by atoms with Crippen molar-refractivity contribution in [1.82, 2.24) is 4.72 Å². The first kappa shape index (κ1) is 15.9. The van der Waals surface area contributed by atoms with Gasteiger partial charge in [-0.05, 0) is 30.2 Å². The van der Waals surface area contributed by atoms with Gasteiger partial charge in [0.2, 0.25) is 10.0 Å². The Morgan fingerprint density at radius 1 is 1.10 bits per heavy atom. The molecule has 1 unspecified atom stereocenters. The number of nitrogens with one attached hydrogen (secondary N) is 1. The number of hydrogen-bond acceptors (Lipinski definition) is 2. The maximum absolute atomic E-state index is 13.1. The third kappa shape index (κ3) is 4.52. The number of halogens is 2. The molecule has 2 aromatic rings.